The van der Waals surface area contributed by atoms with Gasteiger partial charge in [0, 0.05) is 12.1 Å². The normalized spacial score (nSPS) is 14.9. The molecule has 0 saturated carbocycles. The van der Waals surface area contributed by atoms with Gasteiger partial charge in [-0.3, -0.25) is 0 Å². The molecule has 0 aromatic heterocycles. The van der Waals surface area contributed by atoms with Crippen LogP contribution in [0.3, 0.4) is 0 Å². The second-order valence-corrected chi connectivity index (χ2v) is 5.62. The Kier molecular flexibility index (Phi) is 5.70. The monoisotopic (exact) mass is 233 g/mol. The molecule has 0 radical (unpaired) electrons. The fourth-order valence-electron chi connectivity index (χ4n) is 2.26. The third-order valence-corrected chi connectivity index (χ3v) is 3.37. The van der Waals surface area contributed by atoms with Gasteiger partial charge in [-0.05, 0) is 50.7 Å². The van der Waals surface area contributed by atoms with E-state index in [1.165, 1.54) is 24.0 Å². The van der Waals surface area contributed by atoms with Crippen LogP contribution < -0.4 is 5.32 Å². The lowest BCUT2D eigenvalue weighted by molar-refractivity contribution is 0.416. The summed E-state index contributed by atoms with van der Waals surface area (Å²) in [5, 5.41) is 3.69. The SMILES string of the molecule is Cc1ccccc1[C@@H](C)NC(C)CCC(C)C. The Bertz CT molecular complexity index is 330. The second-order valence-electron chi connectivity index (χ2n) is 5.62. The molecule has 0 spiro atoms. The third kappa shape index (κ3) is 4.91. The first-order valence-corrected chi connectivity index (χ1v) is 6.82. The summed E-state index contributed by atoms with van der Waals surface area (Å²) in [6, 6.07) is 9.67. The van der Waals surface area contributed by atoms with Gasteiger partial charge < -0.3 is 5.32 Å². The standard InChI is InChI=1S/C16H27N/c1-12(2)10-11-14(4)17-15(5)16-9-7-6-8-13(16)3/h6-9,12,14-15,17H,10-11H2,1-5H3/t14?,15-/m1/s1. The van der Waals surface area contributed by atoms with Crippen molar-refractivity contribution in [3.05, 3.63) is 35.4 Å². The zero-order chi connectivity index (χ0) is 12.8. The maximum atomic E-state index is 3.69. The zero-order valence-corrected chi connectivity index (χ0v) is 12.0. The highest BCUT2D eigenvalue weighted by Gasteiger charge is 2.11. The summed E-state index contributed by atoms with van der Waals surface area (Å²) in [6.07, 6.45) is 2.56. The van der Waals surface area contributed by atoms with Crippen molar-refractivity contribution in [2.45, 2.75) is 59.5 Å². The van der Waals surface area contributed by atoms with Crippen LogP contribution in [0.1, 0.15) is 57.7 Å². The number of hydrogen-bond acceptors (Lipinski definition) is 1. The van der Waals surface area contributed by atoms with Gasteiger partial charge in [0.15, 0.2) is 0 Å². The fourth-order valence-corrected chi connectivity index (χ4v) is 2.26. The Morgan fingerprint density at radius 1 is 1.00 bits per heavy atom. The van der Waals surface area contributed by atoms with Crippen LogP contribution in [0.25, 0.3) is 0 Å². The number of benzene rings is 1. The lowest BCUT2D eigenvalue weighted by Crippen LogP contribution is -2.29. The van der Waals surface area contributed by atoms with Crippen molar-refractivity contribution < 1.29 is 0 Å². The van der Waals surface area contributed by atoms with Gasteiger partial charge in [-0.25, -0.2) is 0 Å². The zero-order valence-electron chi connectivity index (χ0n) is 12.0. The molecule has 0 aliphatic rings. The van der Waals surface area contributed by atoms with Crippen LogP contribution >= 0.6 is 0 Å². The predicted molar refractivity (Wildman–Crippen MR) is 76.3 cm³/mol. The van der Waals surface area contributed by atoms with E-state index >= 15 is 0 Å². The largest absolute Gasteiger partial charge is 0.308 e. The highest BCUT2D eigenvalue weighted by atomic mass is 14.9. The van der Waals surface area contributed by atoms with Gasteiger partial charge in [-0.1, -0.05) is 38.1 Å². The lowest BCUT2D eigenvalue weighted by atomic mass is 10.00. The van der Waals surface area contributed by atoms with Gasteiger partial charge in [0.05, 0.1) is 0 Å². The highest BCUT2D eigenvalue weighted by molar-refractivity contribution is 5.28. The van der Waals surface area contributed by atoms with Crippen molar-refractivity contribution in [3.8, 4) is 0 Å². The van der Waals surface area contributed by atoms with Gasteiger partial charge in [0.2, 0.25) is 0 Å². The van der Waals surface area contributed by atoms with Crippen molar-refractivity contribution in [1.82, 2.24) is 5.32 Å². The Balaban J connectivity index is 2.49. The Hall–Kier alpha value is -0.820. The van der Waals surface area contributed by atoms with Gasteiger partial charge in [0.25, 0.3) is 0 Å². The molecule has 96 valence electrons. The first kappa shape index (κ1) is 14.2. The van der Waals surface area contributed by atoms with Crippen molar-refractivity contribution in [2.75, 3.05) is 0 Å². The smallest absolute Gasteiger partial charge is 0.0296 e. The van der Waals surface area contributed by atoms with Crippen molar-refractivity contribution in [2.24, 2.45) is 5.92 Å². The van der Waals surface area contributed by atoms with Gasteiger partial charge in [0.1, 0.15) is 0 Å². The van der Waals surface area contributed by atoms with Crippen LogP contribution in [0.2, 0.25) is 0 Å². The van der Waals surface area contributed by atoms with E-state index < -0.39 is 0 Å². The first-order valence-electron chi connectivity index (χ1n) is 6.82. The van der Waals surface area contributed by atoms with Crippen molar-refractivity contribution in [1.29, 1.82) is 0 Å². The number of rotatable bonds is 6. The molecule has 0 aliphatic carbocycles. The molecule has 0 saturated heterocycles. The molecule has 1 rings (SSSR count). The Morgan fingerprint density at radius 3 is 2.24 bits per heavy atom. The summed E-state index contributed by atoms with van der Waals surface area (Å²) in [6.45, 7) is 11.3. The molecular weight excluding hydrogens is 206 g/mol. The van der Waals surface area contributed by atoms with Gasteiger partial charge in [-0.2, -0.15) is 0 Å². The fraction of sp³-hybridized carbons (Fsp3) is 0.625. The number of aryl methyl sites for hydroxylation is 1. The lowest BCUT2D eigenvalue weighted by Gasteiger charge is -2.22. The molecule has 1 nitrogen and oxygen atoms in total. The summed E-state index contributed by atoms with van der Waals surface area (Å²) in [4.78, 5) is 0. The quantitative estimate of drug-likeness (QED) is 0.764. The molecule has 2 atom stereocenters. The summed E-state index contributed by atoms with van der Waals surface area (Å²) >= 11 is 0. The molecule has 0 bridgehead atoms. The minimum absolute atomic E-state index is 0.443. The van der Waals surface area contributed by atoms with Gasteiger partial charge in [-0.15, -0.1) is 0 Å². The molecule has 17 heavy (non-hydrogen) atoms. The Morgan fingerprint density at radius 2 is 1.65 bits per heavy atom. The van der Waals surface area contributed by atoms with E-state index in [0.29, 0.717) is 12.1 Å². The summed E-state index contributed by atoms with van der Waals surface area (Å²) in [5.74, 6) is 0.799. The molecule has 0 heterocycles. The van der Waals surface area contributed by atoms with Crippen LogP contribution in [-0.4, -0.2) is 6.04 Å². The van der Waals surface area contributed by atoms with E-state index in [0.717, 1.165) is 5.92 Å². The van der Waals surface area contributed by atoms with Crippen molar-refractivity contribution in [3.63, 3.8) is 0 Å². The van der Waals surface area contributed by atoms with Crippen molar-refractivity contribution >= 4 is 0 Å². The van der Waals surface area contributed by atoms with Gasteiger partial charge >= 0.3 is 0 Å². The molecule has 1 unspecified atom stereocenters. The molecule has 0 amide bonds. The van der Waals surface area contributed by atoms with E-state index in [2.05, 4.69) is 64.2 Å². The van der Waals surface area contributed by atoms with Crippen LogP contribution in [-0.2, 0) is 0 Å². The van der Waals surface area contributed by atoms with E-state index in [4.69, 9.17) is 0 Å². The molecule has 0 aliphatic heterocycles. The molecule has 1 aromatic rings. The highest BCUT2D eigenvalue weighted by Crippen LogP contribution is 2.18. The predicted octanol–water partition coefficient (Wildman–Crippen LogP) is 4.47. The maximum absolute atomic E-state index is 3.69. The van der Waals surface area contributed by atoms with E-state index in [1.807, 2.05) is 0 Å². The summed E-state index contributed by atoms with van der Waals surface area (Å²) in [5.41, 5.74) is 2.80. The third-order valence-electron chi connectivity index (χ3n) is 3.37. The summed E-state index contributed by atoms with van der Waals surface area (Å²) < 4.78 is 0. The topological polar surface area (TPSA) is 12.0 Å². The number of hydrogen-bond donors (Lipinski definition) is 1. The maximum Gasteiger partial charge on any atom is 0.0296 e. The minimum atomic E-state index is 0.443. The average molecular weight is 233 g/mol. The first-order chi connectivity index (χ1) is 8.00. The molecule has 1 heteroatoms. The minimum Gasteiger partial charge on any atom is -0.308 e. The van der Waals surface area contributed by atoms with Crippen LogP contribution in [0.5, 0.6) is 0 Å². The van der Waals surface area contributed by atoms with E-state index in [1.54, 1.807) is 0 Å². The molecular formula is C16H27N. The van der Waals surface area contributed by atoms with Crippen LogP contribution in [0.4, 0.5) is 0 Å². The average Bonchev–Trinajstić information content (AvgIpc) is 2.26. The number of nitrogens with one attached hydrogen (secondary N) is 1. The van der Waals surface area contributed by atoms with Crippen LogP contribution in [0, 0.1) is 12.8 Å². The molecule has 1 N–H and O–H groups in total. The summed E-state index contributed by atoms with van der Waals surface area (Å²) in [7, 11) is 0. The van der Waals surface area contributed by atoms with Crippen LogP contribution in [0.15, 0.2) is 24.3 Å². The second kappa shape index (κ2) is 6.80. The van der Waals surface area contributed by atoms with E-state index in [-0.39, 0.29) is 0 Å². The molecule has 0 fully saturated rings. The Labute approximate surface area is 107 Å². The van der Waals surface area contributed by atoms with E-state index in [9.17, 15) is 0 Å². The molecule has 1 aromatic carbocycles.